The normalized spacial score (nSPS) is 14.2. The highest BCUT2D eigenvalue weighted by Crippen LogP contribution is 2.40. The van der Waals surface area contributed by atoms with E-state index in [-0.39, 0.29) is 11.5 Å². The van der Waals surface area contributed by atoms with Crippen molar-refractivity contribution in [2.75, 3.05) is 32.1 Å². The number of halogens is 2. The van der Waals surface area contributed by atoms with Gasteiger partial charge in [0.1, 0.15) is 23.4 Å². The second-order valence-electron chi connectivity index (χ2n) is 9.27. The number of ether oxygens (including phenoxy) is 1. The van der Waals surface area contributed by atoms with Crippen LogP contribution in [0.5, 0.6) is 5.75 Å². The maximum Gasteiger partial charge on any atom is 0.256 e. The number of fused-ring (bicyclic) bond motifs is 1. The van der Waals surface area contributed by atoms with Gasteiger partial charge in [0, 0.05) is 30.2 Å². The molecule has 2 aromatic heterocycles. The van der Waals surface area contributed by atoms with Crippen molar-refractivity contribution in [1.82, 2.24) is 24.8 Å². The van der Waals surface area contributed by atoms with E-state index in [4.69, 9.17) is 16.3 Å². The number of H-pyrrole nitrogens is 1. The molecule has 1 aliphatic rings. The van der Waals surface area contributed by atoms with Gasteiger partial charge in [0.25, 0.3) is 5.91 Å². The van der Waals surface area contributed by atoms with E-state index in [2.05, 4.69) is 25.3 Å². The largest absolute Gasteiger partial charge is 0.496 e. The standard InChI is InChI=1S/C27H28ClFN6O3/c1-15-20(28)11-17(5-8-30-25-23-26(32-13-31-23)34-14-33-25)24(38-2)22(15)16-3-4-19(21(29)12-16)27(37)35-9-6-18(36)7-10-35/h3-4,11-14,18,36H,5-10H2,1-2H3,(H2,30,31,32,33,34). The molecule has 1 amide bonds. The first kappa shape index (κ1) is 25.9. The lowest BCUT2D eigenvalue weighted by atomic mass is 9.94. The second-order valence-corrected chi connectivity index (χ2v) is 9.67. The van der Waals surface area contributed by atoms with Crippen molar-refractivity contribution in [3.05, 3.63) is 64.5 Å². The molecule has 0 saturated carbocycles. The highest BCUT2D eigenvalue weighted by Gasteiger charge is 2.25. The van der Waals surface area contributed by atoms with E-state index in [1.54, 1.807) is 24.4 Å². The van der Waals surface area contributed by atoms with Crippen molar-refractivity contribution in [3.63, 3.8) is 0 Å². The Bertz CT molecular complexity index is 1490. The molecule has 11 heteroatoms. The molecule has 4 aromatic rings. The van der Waals surface area contributed by atoms with Crippen LogP contribution >= 0.6 is 11.6 Å². The van der Waals surface area contributed by atoms with Crippen molar-refractivity contribution in [2.45, 2.75) is 32.3 Å². The summed E-state index contributed by atoms with van der Waals surface area (Å²) in [6.07, 6.45) is 4.14. The monoisotopic (exact) mass is 538 g/mol. The number of aromatic amines is 1. The first-order valence-electron chi connectivity index (χ1n) is 12.4. The number of nitrogens with one attached hydrogen (secondary N) is 2. The van der Waals surface area contributed by atoms with Crippen molar-refractivity contribution in [1.29, 1.82) is 0 Å². The van der Waals surface area contributed by atoms with E-state index in [1.807, 2.05) is 13.0 Å². The zero-order valence-electron chi connectivity index (χ0n) is 21.1. The molecule has 0 atom stereocenters. The van der Waals surface area contributed by atoms with Gasteiger partial charge in [-0.3, -0.25) is 4.79 Å². The third-order valence-corrected chi connectivity index (χ3v) is 7.29. The van der Waals surface area contributed by atoms with E-state index >= 15 is 4.39 Å². The number of piperidine rings is 1. The van der Waals surface area contributed by atoms with Crippen LogP contribution in [0.3, 0.4) is 0 Å². The van der Waals surface area contributed by atoms with Crippen LogP contribution < -0.4 is 10.1 Å². The van der Waals surface area contributed by atoms with Gasteiger partial charge in [-0.2, -0.15) is 0 Å². The Hall–Kier alpha value is -3.76. The molecule has 0 unspecified atom stereocenters. The number of aliphatic hydroxyl groups is 1. The molecule has 1 saturated heterocycles. The molecule has 9 nitrogen and oxygen atoms in total. The van der Waals surface area contributed by atoms with Crippen LogP contribution in [-0.4, -0.2) is 68.7 Å². The summed E-state index contributed by atoms with van der Waals surface area (Å²) in [6, 6.07) is 6.42. The Morgan fingerprint density at radius 3 is 2.79 bits per heavy atom. The van der Waals surface area contributed by atoms with Crippen LogP contribution in [0.2, 0.25) is 5.02 Å². The van der Waals surface area contributed by atoms with E-state index in [0.29, 0.717) is 77.8 Å². The van der Waals surface area contributed by atoms with Crippen LogP contribution in [0.25, 0.3) is 22.3 Å². The number of anilines is 1. The van der Waals surface area contributed by atoms with Crippen LogP contribution in [0.4, 0.5) is 10.2 Å². The minimum absolute atomic E-state index is 0.00254. The minimum Gasteiger partial charge on any atom is -0.496 e. The molecule has 1 aliphatic heterocycles. The quantitative estimate of drug-likeness (QED) is 0.320. The van der Waals surface area contributed by atoms with Gasteiger partial charge in [0.05, 0.1) is 25.1 Å². The Morgan fingerprint density at radius 1 is 1.26 bits per heavy atom. The number of nitrogens with zero attached hydrogens (tertiary/aromatic N) is 4. The number of rotatable bonds is 7. The molecule has 1 fully saturated rings. The topological polar surface area (TPSA) is 116 Å². The summed E-state index contributed by atoms with van der Waals surface area (Å²) in [5, 5.41) is 13.5. The first-order chi connectivity index (χ1) is 18.4. The van der Waals surface area contributed by atoms with Crippen LogP contribution in [0.1, 0.15) is 34.3 Å². The van der Waals surface area contributed by atoms with Gasteiger partial charge >= 0.3 is 0 Å². The molecule has 3 heterocycles. The fraction of sp³-hybridized carbons (Fsp3) is 0.333. The Labute approximate surface area is 224 Å². The average Bonchev–Trinajstić information content (AvgIpc) is 3.40. The summed E-state index contributed by atoms with van der Waals surface area (Å²) in [4.78, 5) is 30.1. The molecule has 0 bridgehead atoms. The molecular formula is C27H28ClFN6O3. The molecule has 0 radical (unpaired) electrons. The highest BCUT2D eigenvalue weighted by atomic mass is 35.5. The number of imidazole rings is 1. The molecule has 0 aliphatic carbocycles. The predicted molar refractivity (Wildman–Crippen MR) is 143 cm³/mol. The van der Waals surface area contributed by atoms with E-state index in [1.165, 1.54) is 18.5 Å². The Morgan fingerprint density at radius 2 is 2.05 bits per heavy atom. The third-order valence-electron chi connectivity index (χ3n) is 6.90. The van der Waals surface area contributed by atoms with Crippen LogP contribution in [0.15, 0.2) is 36.9 Å². The summed E-state index contributed by atoms with van der Waals surface area (Å²) in [5.74, 6) is 0.206. The second kappa shape index (κ2) is 10.9. The molecule has 0 spiro atoms. The molecule has 198 valence electrons. The summed E-state index contributed by atoms with van der Waals surface area (Å²) >= 11 is 6.61. The van der Waals surface area contributed by atoms with Gasteiger partial charge in [-0.1, -0.05) is 17.7 Å². The van der Waals surface area contributed by atoms with Crippen molar-refractivity contribution >= 4 is 34.5 Å². The number of amides is 1. The van der Waals surface area contributed by atoms with Gasteiger partial charge in [-0.05, 0) is 61.1 Å². The fourth-order valence-electron chi connectivity index (χ4n) is 4.84. The highest BCUT2D eigenvalue weighted by molar-refractivity contribution is 6.32. The lowest BCUT2D eigenvalue weighted by Crippen LogP contribution is -2.40. The van der Waals surface area contributed by atoms with Gasteiger partial charge in [-0.15, -0.1) is 0 Å². The lowest BCUT2D eigenvalue weighted by molar-refractivity contribution is 0.0543. The summed E-state index contributed by atoms with van der Waals surface area (Å²) in [7, 11) is 1.57. The minimum atomic E-state index is -0.616. The van der Waals surface area contributed by atoms with E-state index in [9.17, 15) is 9.90 Å². The number of hydrogen-bond donors (Lipinski definition) is 3. The van der Waals surface area contributed by atoms with Crippen LogP contribution in [-0.2, 0) is 6.42 Å². The predicted octanol–water partition coefficient (Wildman–Crippen LogP) is 4.38. The van der Waals surface area contributed by atoms with Crippen molar-refractivity contribution in [3.8, 4) is 16.9 Å². The SMILES string of the molecule is COc1c(CCNc2ncnc3[nH]cnc23)cc(Cl)c(C)c1-c1ccc(C(=O)N2CCC(O)CC2)c(F)c1. The maximum atomic E-state index is 15.3. The summed E-state index contributed by atoms with van der Waals surface area (Å²) in [6.45, 7) is 3.18. The number of hydrogen-bond acceptors (Lipinski definition) is 7. The third kappa shape index (κ3) is 5.01. The van der Waals surface area contributed by atoms with Gasteiger partial charge in [0.2, 0.25) is 0 Å². The average molecular weight is 539 g/mol. The number of aliphatic hydroxyl groups excluding tert-OH is 1. The van der Waals surface area contributed by atoms with Gasteiger partial charge in [0.15, 0.2) is 11.5 Å². The van der Waals surface area contributed by atoms with E-state index < -0.39 is 11.9 Å². The van der Waals surface area contributed by atoms with Crippen LogP contribution in [0, 0.1) is 12.7 Å². The number of carbonyl (C=O) groups excluding carboxylic acids is 1. The zero-order valence-corrected chi connectivity index (χ0v) is 21.8. The van der Waals surface area contributed by atoms with Crippen molar-refractivity contribution in [2.24, 2.45) is 0 Å². The number of carbonyl (C=O) groups is 1. The zero-order chi connectivity index (χ0) is 26.8. The molecular weight excluding hydrogens is 511 g/mol. The van der Waals surface area contributed by atoms with Gasteiger partial charge in [-0.25, -0.2) is 19.3 Å². The first-order valence-corrected chi connectivity index (χ1v) is 12.8. The fourth-order valence-corrected chi connectivity index (χ4v) is 5.06. The summed E-state index contributed by atoms with van der Waals surface area (Å²) < 4.78 is 21.1. The molecule has 38 heavy (non-hydrogen) atoms. The Kier molecular flexibility index (Phi) is 7.44. The van der Waals surface area contributed by atoms with Gasteiger partial charge < -0.3 is 25.0 Å². The lowest BCUT2D eigenvalue weighted by Gasteiger charge is -2.29. The Balaban J connectivity index is 1.40. The number of benzene rings is 2. The number of likely N-dealkylation sites (tertiary alicyclic amines) is 1. The van der Waals surface area contributed by atoms with Crippen molar-refractivity contribution < 1.29 is 19.0 Å². The maximum absolute atomic E-state index is 15.3. The summed E-state index contributed by atoms with van der Waals surface area (Å²) in [5.41, 5.74) is 4.11. The van der Waals surface area contributed by atoms with E-state index in [0.717, 1.165) is 11.1 Å². The number of aromatic nitrogens is 4. The number of methoxy groups -OCH3 is 1. The molecule has 5 rings (SSSR count). The smallest absolute Gasteiger partial charge is 0.256 e. The molecule has 2 aromatic carbocycles. The molecule has 3 N–H and O–H groups in total.